The molecule has 0 atom stereocenters. The Morgan fingerprint density at radius 2 is 1.62 bits per heavy atom. The standard InChI is InChI=1S/C16H16N4.Cl/c1-17-16-19-14-10-6-5-9-13(14)15(20-16)18-11-12-7-3-2-4-8-12;/h2-10H,11H2,1H3,(H2,17,18,19,20);. The Hall–Kier alpha value is -2.33. The first-order chi connectivity index (χ1) is 9.86. The van der Waals surface area contributed by atoms with Crippen molar-refractivity contribution >= 4 is 35.1 Å². The summed E-state index contributed by atoms with van der Waals surface area (Å²) in [6.45, 7) is 0.741. The van der Waals surface area contributed by atoms with Gasteiger partial charge >= 0.3 is 0 Å². The minimum Gasteiger partial charge on any atom is -0.365 e. The molecule has 0 aliphatic carbocycles. The fraction of sp³-hybridized carbons (Fsp3) is 0.125. The van der Waals surface area contributed by atoms with E-state index in [-0.39, 0.29) is 12.4 Å². The van der Waals surface area contributed by atoms with Gasteiger partial charge in [-0.15, -0.1) is 0 Å². The number of fused-ring (bicyclic) bond motifs is 1. The Balaban J connectivity index is 0.00000161. The Morgan fingerprint density at radius 3 is 2.38 bits per heavy atom. The Morgan fingerprint density at radius 1 is 0.905 bits per heavy atom. The number of hydrogen-bond acceptors (Lipinski definition) is 4. The molecule has 0 saturated carbocycles. The molecule has 0 unspecified atom stereocenters. The lowest BCUT2D eigenvalue weighted by Gasteiger charge is -2.10. The topological polar surface area (TPSA) is 49.8 Å². The lowest BCUT2D eigenvalue weighted by Crippen LogP contribution is -2.05. The minimum atomic E-state index is 0. The van der Waals surface area contributed by atoms with Crippen molar-refractivity contribution in [3.8, 4) is 0 Å². The van der Waals surface area contributed by atoms with Gasteiger partial charge in [-0.25, -0.2) is 4.98 Å². The molecule has 2 N–H and O–H groups in total. The van der Waals surface area contributed by atoms with Crippen LogP contribution in [0.5, 0.6) is 0 Å². The second kappa shape index (κ2) is 6.90. The summed E-state index contributed by atoms with van der Waals surface area (Å²) in [5.74, 6) is 1.48. The Kier molecular flexibility index (Phi) is 4.95. The average molecular weight is 300 g/mol. The number of rotatable bonds is 4. The zero-order chi connectivity index (χ0) is 13.8. The zero-order valence-corrected chi connectivity index (χ0v) is 12.4. The third-order valence-electron chi connectivity index (χ3n) is 3.13. The van der Waals surface area contributed by atoms with Crippen LogP contribution in [0.3, 0.4) is 0 Å². The summed E-state index contributed by atoms with van der Waals surface area (Å²) in [5, 5.41) is 7.41. The third-order valence-corrected chi connectivity index (χ3v) is 3.13. The van der Waals surface area contributed by atoms with Crippen molar-refractivity contribution < 1.29 is 0 Å². The molecule has 0 saturated heterocycles. The van der Waals surface area contributed by atoms with Crippen LogP contribution in [0.2, 0.25) is 0 Å². The van der Waals surface area contributed by atoms with Gasteiger partial charge in [0.05, 0.1) is 5.52 Å². The summed E-state index contributed by atoms with van der Waals surface area (Å²) in [7, 11) is 1.82. The second-order valence-electron chi connectivity index (χ2n) is 4.50. The highest BCUT2D eigenvalue weighted by Crippen LogP contribution is 2.22. The number of nitrogens with one attached hydrogen (secondary N) is 2. The van der Waals surface area contributed by atoms with Crippen LogP contribution < -0.4 is 10.6 Å². The number of hydrogen-bond donors (Lipinski definition) is 2. The van der Waals surface area contributed by atoms with Gasteiger partial charge in [0.2, 0.25) is 5.95 Å². The molecule has 0 bridgehead atoms. The molecule has 3 aromatic rings. The smallest absolute Gasteiger partial charge is 0.224 e. The molecule has 4 nitrogen and oxygen atoms in total. The van der Waals surface area contributed by atoms with E-state index in [9.17, 15) is 0 Å². The van der Waals surface area contributed by atoms with Crippen LogP contribution in [0, 0.1) is 0 Å². The number of anilines is 2. The van der Waals surface area contributed by atoms with Gasteiger partial charge in [0.25, 0.3) is 0 Å². The largest absolute Gasteiger partial charge is 0.365 e. The van der Waals surface area contributed by atoms with E-state index in [0.717, 1.165) is 23.3 Å². The van der Waals surface area contributed by atoms with Crippen LogP contribution in [-0.4, -0.2) is 17.0 Å². The van der Waals surface area contributed by atoms with Crippen LogP contribution in [-0.2, 0) is 6.54 Å². The van der Waals surface area contributed by atoms with Crippen molar-refractivity contribution in [1.29, 1.82) is 0 Å². The zero-order valence-electron chi connectivity index (χ0n) is 11.7. The maximum atomic E-state index is 4.50. The molecule has 5 heteroatoms. The lowest BCUT2D eigenvalue weighted by molar-refractivity contribution is 1.10. The fourth-order valence-corrected chi connectivity index (χ4v) is 2.10. The van der Waals surface area contributed by atoms with Gasteiger partial charge in [-0.05, 0) is 17.7 Å². The summed E-state index contributed by atoms with van der Waals surface area (Å²) in [4.78, 5) is 8.95. The fourth-order valence-electron chi connectivity index (χ4n) is 2.10. The highest BCUT2D eigenvalue weighted by atomic mass is 35.5. The first kappa shape index (κ1) is 15.1. The number of aromatic nitrogens is 2. The molecular weight excluding hydrogens is 284 g/mol. The second-order valence-corrected chi connectivity index (χ2v) is 4.50. The molecule has 21 heavy (non-hydrogen) atoms. The number of para-hydroxylation sites is 1. The van der Waals surface area contributed by atoms with Crippen LogP contribution in [0.1, 0.15) is 5.56 Å². The van der Waals surface area contributed by atoms with E-state index in [1.807, 2.05) is 49.5 Å². The van der Waals surface area contributed by atoms with Crippen LogP contribution in [0.15, 0.2) is 54.6 Å². The van der Waals surface area contributed by atoms with Crippen LogP contribution in [0.4, 0.5) is 11.8 Å². The Bertz CT molecular complexity index is 716. The molecule has 2 aromatic carbocycles. The van der Waals surface area contributed by atoms with Gasteiger partial charge in [-0.3, -0.25) is 0 Å². The lowest BCUT2D eigenvalue weighted by atomic mass is 10.2. The molecule has 107 valence electrons. The summed E-state index contributed by atoms with van der Waals surface area (Å²) < 4.78 is 0. The summed E-state index contributed by atoms with van der Waals surface area (Å²) in [6.07, 6.45) is 0. The van der Waals surface area contributed by atoms with Crippen molar-refractivity contribution in [2.24, 2.45) is 0 Å². The van der Waals surface area contributed by atoms with Crippen molar-refractivity contribution in [2.45, 2.75) is 6.54 Å². The maximum absolute atomic E-state index is 4.50. The van der Waals surface area contributed by atoms with Crippen LogP contribution >= 0.6 is 12.4 Å². The molecule has 3 rings (SSSR count). The summed E-state index contributed by atoms with van der Waals surface area (Å²) in [5.41, 5.74) is 2.16. The first-order valence-corrected chi connectivity index (χ1v) is 6.59. The predicted octanol–water partition coefficient (Wildman–Crippen LogP) is 3.97. The SMILES string of the molecule is CNc1nc(NCc2ccccc2)c2ccccc2n1.[Cl]. The van der Waals surface area contributed by atoms with Gasteiger partial charge in [-0.2, -0.15) is 4.98 Å². The normalized spacial score (nSPS) is 9.95. The maximum Gasteiger partial charge on any atom is 0.224 e. The molecule has 0 spiro atoms. The van der Waals surface area contributed by atoms with Crippen LogP contribution in [0.25, 0.3) is 10.9 Å². The summed E-state index contributed by atoms with van der Waals surface area (Å²) in [6, 6.07) is 18.3. The molecular formula is C16H16ClN4. The highest BCUT2D eigenvalue weighted by Gasteiger charge is 2.06. The van der Waals surface area contributed by atoms with Gasteiger partial charge in [0, 0.05) is 31.4 Å². The van der Waals surface area contributed by atoms with Gasteiger partial charge in [-0.1, -0.05) is 42.5 Å². The number of nitrogens with zero attached hydrogens (tertiary/aromatic N) is 2. The molecule has 1 radical (unpaired) electrons. The summed E-state index contributed by atoms with van der Waals surface area (Å²) >= 11 is 0. The average Bonchev–Trinajstić information content (AvgIpc) is 2.53. The molecule has 0 aliphatic rings. The van der Waals surface area contributed by atoms with E-state index in [1.54, 1.807) is 0 Å². The quantitative estimate of drug-likeness (QED) is 0.765. The van der Waals surface area contributed by atoms with Gasteiger partial charge in [0.1, 0.15) is 5.82 Å². The van der Waals surface area contributed by atoms with Gasteiger partial charge in [0.15, 0.2) is 0 Å². The van der Waals surface area contributed by atoms with Crippen molar-refractivity contribution in [3.63, 3.8) is 0 Å². The number of benzene rings is 2. The Labute approximate surface area is 130 Å². The molecule has 1 heterocycles. The van der Waals surface area contributed by atoms with Gasteiger partial charge < -0.3 is 10.6 Å². The van der Waals surface area contributed by atoms with Crippen molar-refractivity contribution in [2.75, 3.05) is 17.7 Å². The highest BCUT2D eigenvalue weighted by molar-refractivity contribution is 5.89. The predicted molar refractivity (Wildman–Crippen MR) is 88.7 cm³/mol. The van der Waals surface area contributed by atoms with Crippen molar-refractivity contribution in [1.82, 2.24) is 9.97 Å². The van der Waals surface area contributed by atoms with E-state index in [4.69, 9.17) is 0 Å². The third kappa shape index (κ3) is 3.41. The van der Waals surface area contributed by atoms with E-state index in [0.29, 0.717) is 5.95 Å². The molecule has 0 fully saturated rings. The van der Waals surface area contributed by atoms with E-state index >= 15 is 0 Å². The molecule has 1 aromatic heterocycles. The van der Waals surface area contributed by atoms with Crippen molar-refractivity contribution in [3.05, 3.63) is 60.2 Å². The molecule has 0 amide bonds. The van der Waals surface area contributed by atoms with E-state index < -0.39 is 0 Å². The molecule has 0 aliphatic heterocycles. The van der Waals surface area contributed by atoms with E-state index in [2.05, 4.69) is 32.7 Å². The van der Waals surface area contributed by atoms with E-state index in [1.165, 1.54) is 5.56 Å². The first-order valence-electron chi connectivity index (χ1n) is 6.59. The minimum absolute atomic E-state index is 0. The number of halogens is 1. The monoisotopic (exact) mass is 299 g/mol.